The highest BCUT2D eigenvalue weighted by Gasteiger charge is 2.32. The number of carbonyl (C=O) groups is 2. The van der Waals surface area contributed by atoms with Crippen LogP contribution in [0.25, 0.3) is 0 Å². The van der Waals surface area contributed by atoms with Crippen LogP contribution in [0, 0.1) is 0 Å². The summed E-state index contributed by atoms with van der Waals surface area (Å²) < 4.78 is 0. The summed E-state index contributed by atoms with van der Waals surface area (Å²) in [6.07, 6.45) is 5.05. The van der Waals surface area contributed by atoms with E-state index in [9.17, 15) is 9.59 Å². The first-order valence-corrected chi connectivity index (χ1v) is 8.47. The van der Waals surface area contributed by atoms with E-state index < -0.39 is 0 Å². The summed E-state index contributed by atoms with van der Waals surface area (Å²) in [5.74, 6) is -0.0524. The van der Waals surface area contributed by atoms with Gasteiger partial charge < -0.3 is 4.90 Å². The second-order valence-corrected chi connectivity index (χ2v) is 6.14. The van der Waals surface area contributed by atoms with Crippen molar-refractivity contribution in [1.82, 2.24) is 4.90 Å². The van der Waals surface area contributed by atoms with Crippen molar-refractivity contribution in [3.63, 3.8) is 0 Å². The van der Waals surface area contributed by atoms with Gasteiger partial charge in [0, 0.05) is 25.4 Å². The summed E-state index contributed by atoms with van der Waals surface area (Å²) in [7, 11) is 0. The van der Waals surface area contributed by atoms with Gasteiger partial charge in [-0.1, -0.05) is 25.1 Å². The van der Waals surface area contributed by atoms with E-state index in [1.165, 1.54) is 11.4 Å². The van der Waals surface area contributed by atoms with Crippen LogP contribution in [0.5, 0.6) is 0 Å². The molecule has 3 rings (SSSR count). The van der Waals surface area contributed by atoms with Gasteiger partial charge in [-0.05, 0) is 37.8 Å². The van der Waals surface area contributed by atoms with Crippen molar-refractivity contribution in [2.24, 2.45) is 5.10 Å². The Morgan fingerprint density at radius 1 is 1.22 bits per heavy atom. The van der Waals surface area contributed by atoms with Crippen LogP contribution in [-0.2, 0) is 9.59 Å². The molecule has 0 saturated carbocycles. The van der Waals surface area contributed by atoms with E-state index >= 15 is 0 Å². The Hall–Kier alpha value is -2.17. The molecule has 1 aromatic carbocycles. The first-order valence-electron chi connectivity index (χ1n) is 8.47. The number of hydrogen-bond acceptors (Lipinski definition) is 3. The van der Waals surface area contributed by atoms with Gasteiger partial charge in [0.25, 0.3) is 5.91 Å². The lowest BCUT2D eigenvalue weighted by molar-refractivity contribution is -0.127. The summed E-state index contributed by atoms with van der Waals surface area (Å²) in [5.41, 5.74) is 1.22. The number of rotatable bonds is 3. The number of benzene rings is 1. The molecule has 0 spiro atoms. The minimum atomic E-state index is -0.0570. The Morgan fingerprint density at radius 3 is 2.74 bits per heavy atom. The van der Waals surface area contributed by atoms with E-state index in [0.717, 1.165) is 25.8 Å². The molecular weight excluding hydrogens is 290 g/mol. The zero-order valence-electron chi connectivity index (χ0n) is 13.6. The number of anilines is 1. The largest absolute Gasteiger partial charge is 0.335 e. The number of para-hydroxylation sites is 1. The molecule has 0 N–H and O–H groups in total. The molecule has 23 heavy (non-hydrogen) atoms. The SMILES string of the molecule is CC[C@@H]1CCCCN1C(=O)C1=NN(c2ccccc2)C(=O)CC1. The fraction of sp³-hybridized carbons (Fsp3) is 0.500. The quantitative estimate of drug-likeness (QED) is 0.861. The molecule has 0 bridgehead atoms. The van der Waals surface area contributed by atoms with Crippen molar-refractivity contribution in [2.45, 2.75) is 51.5 Å². The Balaban J connectivity index is 1.83. The molecule has 0 aromatic heterocycles. The molecule has 2 aliphatic rings. The highest BCUT2D eigenvalue weighted by atomic mass is 16.2. The second kappa shape index (κ2) is 6.94. The molecule has 0 radical (unpaired) electrons. The number of amides is 2. The number of nitrogens with zero attached hydrogens (tertiary/aromatic N) is 3. The molecule has 1 fully saturated rings. The van der Waals surface area contributed by atoms with Crippen LogP contribution < -0.4 is 5.01 Å². The Labute approximate surface area is 137 Å². The summed E-state index contributed by atoms with van der Waals surface area (Å²) in [4.78, 5) is 27.0. The third-order valence-electron chi connectivity index (χ3n) is 4.64. The van der Waals surface area contributed by atoms with Crippen LogP contribution in [0.4, 0.5) is 5.69 Å². The molecule has 1 atom stereocenters. The third kappa shape index (κ3) is 3.28. The van der Waals surface area contributed by atoms with Crippen molar-refractivity contribution in [1.29, 1.82) is 0 Å². The van der Waals surface area contributed by atoms with Gasteiger partial charge in [0.2, 0.25) is 5.91 Å². The van der Waals surface area contributed by atoms with Crippen LogP contribution in [-0.4, -0.2) is 35.0 Å². The predicted molar refractivity (Wildman–Crippen MR) is 90.2 cm³/mol. The third-order valence-corrected chi connectivity index (χ3v) is 4.64. The summed E-state index contributed by atoms with van der Waals surface area (Å²) in [6.45, 7) is 2.92. The van der Waals surface area contributed by atoms with Gasteiger partial charge in [0.05, 0.1) is 5.69 Å². The highest BCUT2D eigenvalue weighted by molar-refractivity contribution is 6.40. The number of hydrazone groups is 1. The van der Waals surface area contributed by atoms with E-state index in [2.05, 4.69) is 12.0 Å². The van der Waals surface area contributed by atoms with Crippen molar-refractivity contribution in [3.8, 4) is 0 Å². The van der Waals surface area contributed by atoms with Gasteiger partial charge in [-0.15, -0.1) is 0 Å². The number of likely N-dealkylation sites (tertiary alicyclic amines) is 1. The van der Waals surface area contributed by atoms with Gasteiger partial charge >= 0.3 is 0 Å². The zero-order valence-corrected chi connectivity index (χ0v) is 13.6. The van der Waals surface area contributed by atoms with Crippen LogP contribution in [0.15, 0.2) is 35.4 Å². The summed E-state index contributed by atoms with van der Waals surface area (Å²) >= 11 is 0. The zero-order chi connectivity index (χ0) is 16.2. The molecule has 5 nitrogen and oxygen atoms in total. The molecular formula is C18H23N3O2. The molecule has 0 unspecified atom stereocenters. The van der Waals surface area contributed by atoms with Crippen molar-refractivity contribution in [3.05, 3.63) is 30.3 Å². The molecule has 2 amide bonds. The van der Waals surface area contributed by atoms with E-state index in [0.29, 0.717) is 30.3 Å². The lowest BCUT2D eigenvalue weighted by Crippen LogP contribution is -2.48. The average molecular weight is 313 g/mol. The van der Waals surface area contributed by atoms with Crippen molar-refractivity contribution >= 4 is 23.2 Å². The minimum absolute atomic E-state index is 0.00461. The van der Waals surface area contributed by atoms with Gasteiger partial charge in [0.1, 0.15) is 5.71 Å². The van der Waals surface area contributed by atoms with Crippen LogP contribution in [0.2, 0.25) is 0 Å². The molecule has 5 heteroatoms. The Morgan fingerprint density at radius 2 is 2.00 bits per heavy atom. The second-order valence-electron chi connectivity index (χ2n) is 6.14. The van der Waals surface area contributed by atoms with E-state index in [4.69, 9.17) is 0 Å². The minimum Gasteiger partial charge on any atom is -0.335 e. The molecule has 1 saturated heterocycles. The van der Waals surface area contributed by atoms with E-state index in [1.54, 1.807) is 0 Å². The fourth-order valence-corrected chi connectivity index (χ4v) is 3.34. The highest BCUT2D eigenvalue weighted by Crippen LogP contribution is 2.23. The van der Waals surface area contributed by atoms with Crippen LogP contribution in [0.3, 0.4) is 0 Å². The Kier molecular flexibility index (Phi) is 4.74. The van der Waals surface area contributed by atoms with Gasteiger partial charge in [0.15, 0.2) is 0 Å². The first kappa shape index (κ1) is 15.7. The van der Waals surface area contributed by atoms with Gasteiger partial charge in [-0.3, -0.25) is 9.59 Å². The number of hydrogen-bond donors (Lipinski definition) is 0. The standard InChI is InChI=1S/C18H23N3O2/c1-2-14-8-6-7-13-20(14)18(23)16-11-12-17(22)21(19-16)15-9-4-3-5-10-15/h3-5,9-10,14H,2,6-8,11-13H2,1H3/t14-/m1/s1. The smallest absolute Gasteiger partial charge is 0.270 e. The number of piperidine rings is 1. The topological polar surface area (TPSA) is 53.0 Å². The van der Waals surface area contributed by atoms with Crippen molar-refractivity contribution < 1.29 is 9.59 Å². The van der Waals surface area contributed by atoms with Crippen molar-refractivity contribution in [2.75, 3.05) is 11.6 Å². The van der Waals surface area contributed by atoms with Gasteiger partial charge in [-0.25, -0.2) is 5.01 Å². The van der Waals surface area contributed by atoms with E-state index in [-0.39, 0.29) is 11.8 Å². The molecule has 0 aliphatic carbocycles. The summed E-state index contributed by atoms with van der Waals surface area (Å²) in [6, 6.07) is 9.61. The molecule has 2 heterocycles. The predicted octanol–water partition coefficient (Wildman–Crippen LogP) is 2.96. The molecule has 1 aromatic rings. The number of carbonyl (C=O) groups excluding carboxylic acids is 2. The van der Waals surface area contributed by atoms with Crippen LogP contribution >= 0.6 is 0 Å². The van der Waals surface area contributed by atoms with Gasteiger partial charge in [-0.2, -0.15) is 5.10 Å². The monoisotopic (exact) mass is 313 g/mol. The Bertz CT molecular complexity index is 612. The normalized spacial score (nSPS) is 22.0. The molecule has 122 valence electrons. The summed E-state index contributed by atoms with van der Waals surface area (Å²) in [5, 5.41) is 5.76. The maximum atomic E-state index is 12.9. The lowest BCUT2D eigenvalue weighted by atomic mass is 9.98. The molecule has 2 aliphatic heterocycles. The maximum Gasteiger partial charge on any atom is 0.270 e. The van der Waals surface area contributed by atoms with Crippen LogP contribution in [0.1, 0.15) is 45.4 Å². The lowest BCUT2D eigenvalue weighted by Gasteiger charge is -2.36. The van der Waals surface area contributed by atoms with E-state index in [1.807, 2.05) is 35.2 Å². The average Bonchev–Trinajstić information content (AvgIpc) is 2.62. The fourth-order valence-electron chi connectivity index (χ4n) is 3.34. The first-order chi connectivity index (χ1) is 11.2. The maximum absolute atomic E-state index is 12.9.